The molecule has 1 aromatic rings. The first-order valence-corrected chi connectivity index (χ1v) is 7.42. The summed E-state index contributed by atoms with van der Waals surface area (Å²) in [7, 11) is 1.24. The summed E-state index contributed by atoms with van der Waals surface area (Å²) in [6, 6.07) is 6.24. The van der Waals surface area contributed by atoms with Crippen LogP contribution >= 0.6 is 11.6 Å². The van der Waals surface area contributed by atoms with E-state index in [4.69, 9.17) is 16.3 Å². The van der Waals surface area contributed by atoms with Gasteiger partial charge in [0.25, 0.3) is 0 Å². The summed E-state index contributed by atoms with van der Waals surface area (Å²) in [5.74, 6) is -2.25. The van der Waals surface area contributed by atoms with Gasteiger partial charge in [-0.05, 0) is 29.7 Å². The smallest absolute Gasteiger partial charge is 0.343 e. The van der Waals surface area contributed by atoms with Crippen LogP contribution in [0.15, 0.2) is 36.1 Å². The molecule has 0 saturated heterocycles. The molecule has 2 rings (SSSR count). The zero-order chi connectivity index (χ0) is 17.2. The molecule has 0 radical (unpaired) electrons. The van der Waals surface area contributed by atoms with Gasteiger partial charge in [0.1, 0.15) is 11.7 Å². The number of methoxy groups -OCH3 is 1. The van der Waals surface area contributed by atoms with Gasteiger partial charge in [-0.2, -0.15) is 0 Å². The molecule has 0 aliphatic heterocycles. The topological polar surface area (TPSA) is 69.7 Å². The van der Waals surface area contributed by atoms with Crippen molar-refractivity contribution < 1.29 is 23.9 Å². The van der Waals surface area contributed by atoms with Gasteiger partial charge in [-0.15, -0.1) is 0 Å². The first-order valence-electron chi connectivity index (χ1n) is 7.04. The maximum absolute atomic E-state index is 12.2. The molecule has 0 heterocycles. The average molecular weight is 337 g/mol. The Morgan fingerprint density at radius 2 is 1.83 bits per heavy atom. The Morgan fingerprint density at radius 1 is 1.22 bits per heavy atom. The van der Waals surface area contributed by atoms with Crippen molar-refractivity contribution >= 4 is 29.3 Å². The summed E-state index contributed by atoms with van der Waals surface area (Å²) in [4.78, 5) is 36.1. The Balaban J connectivity index is 2.18. The highest BCUT2D eigenvalue weighted by Gasteiger charge is 2.45. The lowest BCUT2D eigenvalue weighted by atomic mass is 9.70. The maximum atomic E-state index is 12.2. The van der Waals surface area contributed by atoms with Crippen LogP contribution in [0.4, 0.5) is 0 Å². The molecule has 1 aliphatic carbocycles. The van der Waals surface area contributed by atoms with Crippen molar-refractivity contribution in [3.8, 4) is 0 Å². The van der Waals surface area contributed by atoms with E-state index in [1.807, 2.05) is 0 Å². The third-order valence-electron chi connectivity index (χ3n) is 3.74. The molecule has 0 amide bonds. The molecular formula is C17H17ClO5. The third-order valence-corrected chi connectivity index (χ3v) is 3.99. The Hall–Kier alpha value is -2.14. The minimum Gasteiger partial charge on any atom is -0.468 e. The molecule has 0 aromatic heterocycles. The molecule has 23 heavy (non-hydrogen) atoms. The van der Waals surface area contributed by atoms with E-state index in [0.29, 0.717) is 10.6 Å². The second kappa shape index (κ2) is 6.54. The zero-order valence-electron chi connectivity index (χ0n) is 13.1. The summed E-state index contributed by atoms with van der Waals surface area (Å²) in [5, 5.41) is 0.510. The van der Waals surface area contributed by atoms with Crippen LogP contribution in [0, 0.1) is 11.3 Å². The van der Waals surface area contributed by atoms with Crippen LogP contribution in [0.5, 0.6) is 0 Å². The quantitative estimate of drug-likeness (QED) is 0.626. The SMILES string of the molecule is COC(=O)[C@@H]1C(=O)C=C(OC(=O)c2ccc(Cl)cc2)CC1(C)C. The molecule has 5 nitrogen and oxygen atoms in total. The van der Waals surface area contributed by atoms with Crippen molar-refractivity contribution in [2.45, 2.75) is 20.3 Å². The fourth-order valence-corrected chi connectivity index (χ4v) is 2.74. The molecule has 0 bridgehead atoms. The van der Waals surface area contributed by atoms with Crippen LogP contribution in [0.1, 0.15) is 30.6 Å². The summed E-state index contributed by atoms with van der Waals surface area (Å²) < 4.78 is 9.97. The summed E-state index contributed by atoms with van der Waals surface area (Å²) in [6.07, 6.45) is 1.47. The van der Waals surface area contributed by atoms with Gasteiger partial charge in [0.05, 0.1) is 12.7 Å². The molecule has 1 aliphatic rings. The standard InChI is InChI=1S/C17H17ClO5/c1-17(2)9-12(8-13(19)14(17)16(21)22-3)23-15(20)10-4-6-11(18)7-5-10/h4-8,14H,9H2,1-3H3/t14-/m0/s1. The monoisotopic (exact) mass is 336 g/mol. The first-order chi connectivity index (χ1) is 10.7. The van der Waals surface area contributed by atoms with Crippen molar-refractivity contribution in [1.82, 2.24) is 0 Å². The Bertz CT molecular complexity index is 673. The van der Waals surface area contributed by atoms with Gasteiger partial charge in [0.15, 0.2) is 5.78 Å². The second-order valence-corrected chi connectivity index (χ2v) is 6.47. The molecule has 0 fully saturated rings. The number of allylic oxidation sites excluding steroid dienone is 2. The Labute approximate surface area is 139 Å². The summed E-state index contributed by atoms with van der Waals surface area (Å²) in [5.41, 5.74) is -0.371. The average Bonchev–Trinajstić information content (AvgIpc) is 2.45. The highest BCUT2D eigenvalue weighted by atomic mass is 35.5. The van der Waals surface area contributed by atoms with Crippen LogP contribution in [0.25, 0.3) is 0 Å². The van der Waals surface area contributed by atoms with E-state index >= 15 is 0 Å². The molecular weight excluding hydrogens is 320 g/mol. The van der Waals surface area contributed by atoms with Gasteiger partial charge >= 0.3 is 11.9 Å². The molecule has 0 spiro atoms. The fraction of sp³-hybridized carbons (Fsp3) is 0.353. The predicted octanol–water partition coefficient (Wildman–Crippen LogP) is 3.17. The van der Waals surface area contributed by atoms with Crippen LogP contribution in [0.3, 0.4) is 0 Å². The van der Waals surface area contributed by atoms with Gasteiger partial charge in [0, 0.05) is 17.5 Å². The summed E-state index contributed by atoms with van der Waals surface area (Å²) in [6.45, 7) is 3.52. The van der Waals surface area contributed by atoms with Crippen molar-refractivity contribution in [2.24, 2.45) is 11.3 Å². The largest absolute Gasteiger partial charge is 0.468 e. The lowest BCUT2D eigenvalue weighted by Crippen LogP contribution is -2.41. The molecule has 122 valence electrons. The van der Waals surface area contributed by atoms with Crippen molar-refractivity contribution in [1.29, 1.82) is 0 Å². The van der Waals surface area contributed by atoms with Crippen LogP contribution in [-0.2, 0) is 19.1 Å². The number of esters is 2. The summed E-state index contributed by atoms with van der Waals surface area (Å²) >= 11 is 5.77. The van der Waals surface area contributed by atoms with Crippen LogP contribution in [0.2, 0.25) is 5.02 Å². The minimum atomic E-state index is -0.898. The van der Waals surface area contributed by atoms with E-state index < -0.39 is 29.1 Å². The van der Waals surface area contributed by atoms with E-state index in [1.54, 1.807) is 26.0 Å². The molecule has 0 saturated carbocycles. The Kier molecular flexibility index (Phi) is 4.90. The maximum Gasteiger partial charge on any atom is 0.343 e. The van der Waals surface area contributed by atoms with Crippen LogP contribution < -0.4 is 0 Å². The van der Waals surface area contributed by atoms with Gasteiger partial charge in [0.2, 0.25) is 0 Å². The predicted molar refractivity (Wildman–Crippen MR) is 83.9 cm³/mol. The molecule has 1 aromatic carbocycles. The van der Waals surface area contributed by atoms with Crippen molar-refractivity contribution in [3.63, 3.8) is 0 Å². The van der Waals surface area contributed by atoms with E-state index in [-0.39, 0.29) is 12.2 Å². The van der Waals surface area contributed by atoms with Crippen LogP contribution in [-0.4, -0.2) is 24.8 Å². The van der Waals surface area contributed by atoms with Crippen molar-refractivity contribution in [2.75, 3.05) is 7.11 Å². The normalized spacial score (nSPS) is 19.7. The number of carbonyl (C=O) groups excluding carboxylic acids is 3. The van der Waals surface area contributed by atoms with Gasteiger partial charge in [-0.25, -0.2) is 4.79 Å². The van der Waals surface area contributed by atoms with Gasteiger partial charge < -0.3 is 9.47 Å². The molecule has 6 heteroatoms. The highest BCUT2D eigenvalue weighted by molar-refractivity contribution is 6.30. The lowest BCUT2D eigenvalue weighted by molar-refractivity contribution is -0.153. The van der Waals surface area contributed by atoms with E-state index in [2.05, 4.69) is 4.74 Å². The molecule has 1 atom stereocenters. The number of hydrogen-bond acceptors (Lipinski definition) is 5. The number of ketones is 1. The molecule has 0 unspecified atom stereocenters. The fourth-order valence-electron chi connectivity index (χ4n) is 2.61. The lowest BCUT2D eigenvalue weighted by Gasteiger charge is -2.34. The number of ether oxygens (including phenoxy) is 2. The number of halogens is 1. The van der Waals surface area contributed by atoms with E-state index in [1.165, 1.54) is 25.3 Å². The van der Waals surface area contributed by atoms with Gasteiger partial charge in [-0.1, -0.05) is 25.4 Å². The van der Waals surface area contributed by atoms with E-state index in [0.717, 1.165) is 0 Å². The number of benzene rings is 1. The Morgan fingerprint density at radius 3 is 2.35 bits per heavy atom. The number of carbonyl (C=O) groups is 3. The molecule has 0 N–H and O–H groups in total. The highest BCUT2D eigenvalue weighted by Crippen LogP contribution is 2.39. The first kappa shape index (κ1) is 17.2. The van der Waals surface area contributed by atoms with E-state index in [9.17, 15) is 14.4 Å². The number of hydrogen-bond donors (Lipinski definition) is 0. The second-order valence-electron chi connectivity index (χ2n) is 6.03. The minimum absolute atomic E-state index is 0.236. The van der Waals surface area contributed by atoms with Crippen molar-refractivity contribution in [3.05, 3.63) is 46.7 Å². The zero-order valence-corrected chi connectivity index (χ0v) is 13.8. The number of rotatable bonds is 3. The van der Waals surface area contributed by atoms with Gasteiger partial charge in [-0.3, -0.25) is 9.59 Å². The third kappa shape index (κ3) is 3.79.